The minimum atomic E-state index is -2.74. The Morgan fingerprint density at radius 2 is 1.56 bits per heavy atom. The number of phenolic OH excluding ortho intramolecular Hbond substituents is 1. The molecule has 2 atom stereocenters. The highest BCUT2D eigenvalue weighted by Gasteiger charge is 2.48. The van der Waals surface area contributed by atoms with Crippen LogP contribution < -0.4 is 9.47 Å². The number of methoxy groups -OCH3 is 2. The van der Waals surface area contributed by atoms with E-state index in [-0.39, 0.29) is 5.75 Å². The lowest BCUT2D eigenvalue weighted by atomic mass is 9.80. The fourth-order valence-corrected chi connectivity index (χ4v) is 5.92. The molecule has 0 spiro atoms. The van der Waals surface area contributed by atoms with Crippen molar-refractivity contribution in [3.63, 3.8) is 0 Å². The van der Waals surface area contributed by atoms with E-state index in [0.717, 1.165) is 54.7 Å². The number of carbonyl (C=O) groups is 3. The molecule has 234 valence electrons. The SMILES string of the molecule is C=CCc1cc(CN2C3CCC2CC(O)(c2ccc(OC)cc2)C3)cc(OC)c1O.O=C(O)CC(O)(CC(=O)O)C(=O)O. The number of hydrogen-bond acceptors (Lipinski definition) is 9. The number of rotatable bonds is 12. The van der Waals surface area contributed by atoms with Crippen LogP contribution in [0.25, 0.3) is 0 Å². The predicted octanol–water partition coefficient (Wildman–Crippen LogP) is 2.90. The fraction of sp³-hybridized carbons (Fsp3) is 0.452. The smallest absolute Gasteiger partial charge is 0.336 e. The second-order valence-corrected chi connectivity index (χ2v) is 11.0. The maximum Gasteiger partial charge on any atom is 0.336 e. The van der Waals surface area contributed by atoms with Gasteiger partial charge in [-0.2, -0.15) is 0 Å². The topological polar surface area (TPSA) is 194 Å². The summed E-state index contributed by atoms with van der Waals surface area (Å²) >= 11 is 0. The highest BCUT2D eigenvalue weighted by molar-refractivity contribution is 5.88. The van der Waals surface area contributed by atoms with Crippen LogP contribution in [0.1, 0.15) is 55.2 Å². The molecule has 6 N–H and O–H groups in total. The molecule has 12 heteroatoms. The average molecular weight is 602 g/mol. The predicted molar refractivity (Wildman–Crippen MR) is 154 cm³/mol. The molecule has 2 saturated heterocycles. The van der Waals surface area contributed by atoms with Gasteiger partial charge in [-0.25, -0.2) is 4.79 Å². The molecule has 2 aromatic carbocycles. The summed E-state index contributed by atoms with van der Waals surface area (Å²) in [5.41, 5.74) is -0.612. The fourth-order valence-electron chi connectivity index (χ4n) is 5.92. The molecule has 43 heavy (non-hydrogen) atoms. The van der Waals surface area contributed by atoms with Crippen LogP contribution in [0.3, 0.4) is 0 Å². The molecule has 2 aliphatic heterocycles. The average Bonchev–Trinajstić information content (AvgIpc) is 3.18. The molecule has 2 unspecified atom stereocenters. The third-order valence-corrected chi connectivity index (χ3v) is 7.99. The normalized spacial score (nSPS) is 21.3. The molecule has 0 saturated carbocycles. The molecule has 2 fully saturated rings. The van der Waals surface area contributed by atoms with Gasteiger partial charge in [-0.3, -0.25) is 14.5 Å². The van der Waals surface area contributed by atoms with Gasteiger partial charge in [0.25, 0.3) is 0 Å². The van der Waals surface area contributed by atoms with Gasteiger partial charge in [0.2, 0.25) is 0 Å². The van der Waals surface area contributed by atoms with E-state index in [4.69, 9.17) is 29.9 Å². The number of carboxylic acids is 3. The van der Waals surface area contributed by atoms with Crippen LogP contribution in [0.4, 0.5) is 0 Å². The summed E-state index contributed by atoms with van der Waals surface area (Å²) in [6.45, 7) is 4.58. The standard InChI is InChI=1S/C25H31NO4.C6H8O7/c1-4-5-18-12-17(13-23(30-3)24(18)27)16-26-20-8-9-21(26)15-25(28,14-20)19-6-10-22(29-2)11-7-19;7-3(8)1-6(13,5(11)12)2-4(9)10/h4,6-7,10-13,20-21,27-28H,1,5,8-9,14-16H2,2-3H3;13H,1-2H2,(H,7,8)(H,9,10)(H,11,12). The van der Waals surface area contributed by atoms with Gasteiger partial charge in [0, 0.05) is 24.2 Å². The molecule has 12 nitrogen and oxygen atoms in total. The van der Waals surface area contributed by atoms with Gasteiger partial charge in [-0.05, 0) is 61.4 Å². The quantitative estimate of drug-likeness (QED) is 0.195. The first-order valence-electron chi connectivity index (χ1n) is 13.8. The van der Waals surface area contributed by atoms with E-state index in [2.05, 4.69) is 11.5 Å². The van der Waals surface area contributed by atoms with Crippen molar-refractivity contribution >= 4 is 17.9 Å². The van der Waals surface area contributed by atoms with Gasteiger partial charge < -0.3 is 40.1 Å². The lowest BCUT2D eigenvalue weighted by molar-refractivity contribution is -0.170. The number of allylic oxidation sites excluding steroid dienone is 1. The van der Waals surface area contributed by atoms with Crippen LogP contribution in [-0.2, 0) is 33.0 Å². The Morgan fingerprint density at radius 1 is 1.00 bits per heavy atom. The van der Waals surface area contributed by atoms with E-state index >= 15 is 0 Å². The van der Waals surface area contributed by atoms with E-state index in [1.54, 1.807) is 20.3 Å². The summed E-state index contributed by atoms with van der Waals surface area (Å²) in [4.78, 5) is 33.0. The number of phenols is 1. The minimum absolute atomic E-state index is 0.191. The Kier molecular flexibility index (Phi) is 10.8. The van der Waals surface area contributed by atoms with Crippen molar-refractivity contribution in [1.29, 1.82) is 0 Å². The lowest BCUT2D eigenvalue weighted by Crippen LogP contribution is -2.49. The molecule has 2 heterocycles. The Labute approximate surface area is 249 Å². The molecular formula is C31H39NO11. The zero-order valence-corrected chi connectivity index (χ0v) is 24.2. The van der Waals surface area contributed by atoms with Crippen molar-refractivity contribution < 1.29 is 54.5 Å². The number of ether oxygens (including phenoxy) is 2. The maximum absolute atomic E-state index is 11.5. The largest absolute Gasteiger partial charge is 0.504 e. The number of aromatic hydroxyl groups is 1. The van der Waals surface area contributed by atoms with Crippen LogP contribution in [-0.4, -0.2) is 85.4 Å². The summed E-state index contributed by atoms with van der Waals surface area (Å²) < 4.78 is 10.6. The summed E-state index contributed by atoms with van der Waals surface area (Å²) in [6, 6.07) is 12.4. The summed E-state index contributed by atoms with van der Waals surface area (Å²) in [7, 11) is 3.23. The third-order valence-electron chi connectivity index (χ3n) is 7.99. The third kappa shape index (κ3) is 8.04. The number of nitrogens with zero attached hydrogens (tertiary/aromatic N) is 1. The summed E-state index contributed by atoms with van der Waals surface area (Å²) in [5, 5.41) is 55.7. The number of carboxylic acid groups (broad SMARTS) is 3. The highest BCUT2D eigenvalue weighted by Crippen LogP contribution is 2.47. The molecule has 0 amide bonds. The van der Waals surface area contributed by atoms with E-state index in [0.29, 0.717) is 24.3 Å². The van der Waals surface area contributed by atoms with Crippen LogP contribution >= 0.6 is 0 Å². The van der Waals surface area contributed by atoms with E-state index < -0.39 is 42.0 Å². The maximum atomic E-state index is 11.5. The van der Waals surface area contributed by atoms with Crippen LogP contribution in [0.15, 0.2) is 49.1 Å². The monoisotopic (exact) mass is 601 g/mol. The van der Waals surface area contributed by atoms with Crippen molar-refractivity contribution in [2.75, 3.05) is 14.2 Å². The van der Waals surface area contributed by atoms with Gasteiger partial charge in [0.1, 0.15) is 5.75 Å². The van der Waals surface area contributed by atoms with Crippen molar-refractivity contribution in [3.05, 3.63) is 65.7 Å². The second-order valence-electron chi connectivity index (χ2n) is 11.0. The highest BCUT2D eigenvalue weighted by atomic mass is 16.5. The lowest BCUT2D eigenvalue weighted by Gasteiger charge is -2.44. The van der Waals surface area contributed by atoms with Crippen LogP contribution in [0, 0.1) is 0 Å². The van der Waals surface area contributed by atoms with Crippen LogP contribution in [0.5, 0.6) is 17.2 Å². The van der Waals surface area contributed by atoms with Gasteiger partial charge >= 0.3 is 17.9 Å². The van der Waals surface area contributed by atoms with Crippen molar-refractivity contribution in [2.24, 2.45) is 0 Å². The first-order valence-corrected chi connectivity index (χ1v) is 13.8. The summed E-state index contributed by atoms with van der Waals surface area (Å²) in [5.74, 6) is -3.52. The van der Waals surface area contributed by atoms with Gasteiger partial charge in [0.05, 0.1) is 32.7 Å². The first kappa shape index (κ1) is 33.4. The molecule has 2 aliphatic rings. The van der Waals surface area contributed by atoms with E-state index in [1.165, 1.54) is 0 Å². The molecule has 2 aromatic rings. The Balaban J connectivity index is 0.000000331. The van der Waals surface area contributed by atoms with Crippen molar-refractivity contribution in [1.82, 2.24) is 4.90 Å². The number of benzene rings is 2. The van der Waals surface area contributed by atoms with Crippen LogP contribution in [0.2, 0.25) is 0 Å². The Bertz CT molecular complexity index is 1290. The minimum Gasteiger partial charge on any atom is -0.504 e. The number of aliphatic hydroxyl groups is 2. The number of aliphatic carboxylic acids is 3. The van der Waals surface area contributed by atoms with Gasteiger partial charge in [0.15, 0.2) is 17.1 Å². The molecule has 2 bridgehead atoms. The molecule has 0 aliphatic carbocycles. The zero-order chi connectivity index (χ0) is 31.9. The number of hydrogen-bond donors (Lipinski definition) is 6. The Morgan fingerprint density at radius 3 is 2.00 bits per heavy atom. The van der Waals surface area contributed by atoms with Gasteiger partial charge in [-0.15, -0.1) is 6.58 Å². The zero-order valence-electron chi connectivity index (χ0n) is 24.2. The molecule has 0 aromatic heterocycles. The van der Waals surface area contributed by atoms with E-state index in [9.17, 15) is 24.6 Å². The van der Waals surface area contributed by atoms with Crippen molar-refractivity contribution in [2.45, 2.75) is 74.8 Å². The second kappa shape index (κ2) is 13.9. The molecule has 0 radical (unpaired) electrons. The first-order chi connectivity index (χ1) is 20.2. The Hall–Kier alpha value is -4.13. The van der Waals surface area contributed by atoms with Gasteiger partial charge in [-0.1, -0.05) is 24.3 Å². The summed E-state index contributed by atoms with van der Waals surface area (Å²) in [6.07, 6.45) is 3.74. The molecule has 4 rings (SSSR count). The molecular weight excluding hydrogens is 562 g/mol. The number of fused-ring (bicyclic) bond motifs is 2. The number of piperidine rings is 1. The van der Waals surface area contributed by atoms with Crippen molar-refractivity contribution in [3.8, 4) is 17.2 Å². The van der Waals surface area contributed by atoms with E-state index in [1.807, 2.05) is 36.4 Å².